The van der Waals surface area contributed by atoms with E-state index in [1.54, 1.807) is 18.2 Å². The van der Waals surface area contributed by atoms with Crippen LogP contribution in [0.1, 0.15) is 25.7 Å². The summed E-state index contributed by atoms with van der Waals surface area (Å²) >= 11 is 3.28. The number of methoxy groups -OCH3 is 1. The molecule has 1 N–H and O–H groups in total. The molecule has 4 nitrogen and oxygen atoms in total. The average molecular weight is 348 g/mol. The zero-order valence-corrected chi connectivity index (χ0v) is 13.3. The van der Waals surface area contributed by atoms with Gasteiger partial charge >= 0.3 is 0 Å². The first-order valence-electron chi connectivity index (χ1n) is 6.36. The van der Waals surface area contributed by atoms with Crippen LogP contribution in [0.3, 0.4) is 0 Å². The minimum atomic E-state index is -3.51. The molecule has 0 heterocycles. The third-order valence-corrected chi connectivity index (χ3v) is 5.46. The highest BCUT2D eigenvalue weighted by molar-refractivity contribution is 9.10. The first-order chi connectivity index (χ1) is 9.03. The second kappa shape index (κ2) is 6.24. The monoisotopic (exact) mass is 347 g/mol. The highest BCUT2D eigenvalue weighted by Gasteiger charge is 2.21. The number of ether oxygens (including phenoxy) is 1. The number of nitrogens with one attached hydrogen (secondary N) is 1. The zero-order valence-electron chi connectivity index (χ0n) is 10.9. The molecular formula is C13H18BrNO3S. The molecule has 1 aliphatic rings. The Morgan fingerprint density at radius 3 is 2.74 bits per heavy atom. The fraction of sp³-hybridized carbons (Fsp3) is 0.538. The molecule has 0 bridgehead atoms. The van der Waals surface area contributed by atoms with Crippen LogP contribution in [0.5, 0.6) is 5.75 Å². The fourth-order valence-electron chi connectivity index (χ4n) is 2.12. The van der Waals surface area contributed by atoms with E-state index in [1.807, 2.05) is 0 Å². The van der Waals surface area contributed by atoms with Crippen LogP contribution in [0, 0.1) is 5.92 Å². The van der Waals surface area contributed by atoms with Crippen LogP contribution in [-0.2, 0) is 10.0 Å². The molecule has 19 heavy (non-hydrogen) atoms. The van der Waals surface area contributed by atoms with Crippen LogP contribution in [0.4, 0.5) is 0 Å². The SMILES string of the molecule is COc1ccc(Br)cc1S(=O)(=O)NCCC1CCC1. The van der Waals surface area contributed by atoms with Gasteiger partial charge in [0, 0.05) is 11.0 Å². The predicted molar refractivity (Wildman–Crippen MR) is 77.8 cm³/mol. The smallest absolute Gasteiger partial charge is 0.244 e. The van der Waals surface area contributed by atoms with Crippen LogP contribution in [0.15, 0.2) is 27.6 Å². The van der Waals surface area contributed by atoms with Gasteiger partial charge in [-0.2, -0.15) is 0 Å². The maximum atomic E-state index is 12.2. The second-order valence-electron chi connectivity index (χ2n) is 4.78. The first-order valence-corrected chi connectivity index (χ1v) is 8.64. The van der Waals surface area contributed by atoms with E-state index < -0.39 is 10.0 Å². The normalized spacial score (nSPS) is 16.1. The topological polar surface area (TPSA) is 55.4 Å². The number of benzene rings is 1. The van der Waals surface area contributed by atoms with E-state index in [2.05, 4.69) is 20.7 Å². The van der Waals surface area contributed by atoms with E-state index in [4.69, 9.17) is 4.74 Å². The molecule has 1 aliphatic carbocycles. The van der Waals surface area contributed by atoms with E-state index in [1.165, 1.54) is 26.4 Å². The predicted octanol–water partition coefficient (Wildman–Crippen LogP) is 2.93. The lowest BCUT2D eigenvalue weighted by Crippen LogP contribution is -2.27. The molecule has 1 saturated carbocycles. The van der Waals surface area contributed by atoms with E-state index in [-0.39, 0.29) is 4.90 Å². The van der Waals surface area contributed by atoms with E-state index in [0.717, 1.165) is 6.42 Å². The summed E-state index contributed by atoms with van der Waals surface area (Å²) in [6, 6.07) is 4.96. The van der Waals surface area contributed by atoms with E-state index in [9.17, 15) is 8.42 Å². The van der Waals surface area contributed by atoms with Gasteiger partial charge in [0.2, 0.25) is 10.0 Å². The van der Waals surface area contributed by atoms with Crippen LogP contribution >= 0.6 is 15.9 Å². The molecule has 0 saturated heterocycles. The molecule has 0 aliphatic heterocycles. The summed E-state index contributed by atoms with van der Waals surface area (Å²) in [4.78, 5) is 0.179. The summed E-state index contributed by atoms with van der Waals surface area (Å²) < 4.78 is 32.9. The van der Waals surface area contributed by atoms with Crippen molar-refractivity contribution < 1.29 is 13.2 Å². The van der Waals surface area contributed by atoms with Crippen LogP contribution < -0.4 is 9.46 Å². The summed E-state index contributed by atoms with van der Waals surface area (Å²) in [7, 11) is -2.04. The molecule has 2 rings (SSSR count). The zero-order chi connectivity index (χ0) is 13.9. The van der Waals surface area contributed by atoms with Gasteiger partial charge in [-0.1, -0.05) is 35.2 Å². The standard InChI is InChI=1S/C13H18BrNO3S/c1-18-12-6-5-11(14)9-13(12)19(16,17)15-8-7-10-3-2-4-10/h5-6,9-10,15H,2-4,7-8H2,1H3. The maximum absolute atomic E-state index is 12.2. The number of rotatable bonds is 6. The number of hydrogen-bond donors (Lipinski definition) is 1. The molecule has 0 unspecified atom stereocenters. The van der Waals surface area contributed by atoms with Gasteiger partial charge in [0.25, 0.3) is 0 Å². The quantitative estimate of drug-likeness (QED) is 0.860. The summed E-state index contributed by atoms with van der Waals surface area (Å²) in [5, 5.41) is 0. The van der Waals surface area contributed by atoms with Crippen molar-refractivity contribution in [3.63, 3.8) is 0 Å². The highest BCUT2D eigenvalue weighted by atomic mass is 79.9. The van der Waals surface area contributed by atoms with Crippen molar-refractivity contribution in [2.75, 3.05) is 13.7 Å². The lowest BCUT2D eigenvalue weighted by atomic mass is 9.83. The van der Waals surface area contributed by atoms with Crippen molar-refractivity contribution in [2.45, 2.75) is 30.6 Å². The van der Waals surface area contributed by atoms with Gasteiger partial charge in [-0.3, -0.25) is 0 Å². The number of halogens is 1. The fourth-order valence-corrected chi connectivity index (χ4v) is 3.87. The molecule has 0 atom stereocenters. The van der Waals surface area contributed by atoms with Gasteiger partial charge in [0.15, 0.2) is 0 Å². The Hall–Kier alpha value is -0.590. The van der Waals surface area contributed by atoms with Gasteiger partial charge in [0.05, 0.1) is 7.11 Å². The van der Waals surface area contributed by atoms with E-state index in [0.29, 0.717) is 22.7 Å². The van der Waals surface area contributed by atoms with Crippen molar-refractivity contribution in [3.05, 3.63) is 22.7 Å². The van der Waals surface area contributed by atoms with Crippen LogP contribution in [0.25, 0.3) is 0 Å². The molecule has 1 fully saturated rings. The molecule has 0 spiro atoms. The van der Waals surface area contributed by atoms with Crippen molar-refractivity contribution in [1.82, 2.24) is 4.72 Å². The van der Waals surface area contributed by atoms with Gasteiger partial charge in [-0.25, -0.2) is 13.1 Å². The number of sulfonamides is 1. The Morgan fingerprint density at radius 1 is 1.42 bits per heavy atom. The third-order valence-electron chi connectivity index (χ3n) is 3.48. The Bertz CT molecular complexity index is 541. The molecule has 0 amide bonds. The molecule has 0 radical (unpaired) electrons. The van der Waals surface area contributed by atoms with Crippen LogP contribution in [-0.4, -0.2) is 22.1 Å². The first kappa shape index (κ1) is 14.8. The lowest BCUT2D eigenvalue weighted by Gasteiger charge is -2.25. The molecule has 1 aromatic rings. The molecule has 1 aromatic carbocycles. The molecule has 106 valence electrons. The summed E-state index contributed by atoms with van der Waals surface area (Å²) in [5.74, 6) is 1.05. The summed E-state index contributed by atoms with van der Waals surface area (Å²) in [6.07, 6.45) is 4.64. The second-order valence-corrected chi connectivity index (χ2v) is 7.43. The molecular weight excluding hydrogens is 330 g/mol. The van der Waals surface area contributed by atoms with Crippen molar-refractivity contribution in [1.29, 1.82) is 0 Å². The Morgan fingerprint density at radius 2 is 2.16 bits per heavy atom. The molecule has 6 heteroatoms. The molecule has 0 aromatic heterocycles. The Kier molecular flexibility index (Phi) is 4.86. The number of hydrogen-bond acceptors (Lipinski definition) is 3. The van der Waals surface area contributed by atoms with Crippen molar-refractivity contribution in [3.8, 4) is 5.75 Å². The van der Waals surface area contributed by atoms with Crippen molar-refractivity contribution >= 4 is 26.0 Å². The Balaban J connectivity index is 2.07. The third kappa shape index (κ3) is 3.70. The Labute approximate surface area is 122 Å². The van der Waals surface area contributed by atoms with Gasteiger partial charge < -0.3 is 4.74 Å². The van der Waals surface area contributed by atoms with Gasteiger partial charge in [0.1, 0.15) is 10.6 Å². The highest BCUT2D eigenvalue weighted by Crippen LogP contribution is 2.30. The van der Waals surface area contributed by atoms with Gasteiger partial charge in [-0.15, -0.1) is 0 Å². The lowest BCUT2D eigenvalue weighted by molar-refractivity contribution is 0.297. The maximum Gasteiger partial charge on any atom is 0.244 e. The largest absolute Gasteiger partial charge is 0.495 e. The van der Waals surface area contributed by atoms with Crippen molar-refractivity contribution in [2.24, 2.45) is 5.92 Å². The summed E-state index contributed by atoms with van der Waals surface area (Å²) in [5.41, 5.74) is 0. The van der Waals surface area contributed by atoms with Gasteiger partial charge in [-0.05, 0) is 30.5 Å². The van der Waals surface area contributed by atoms with E-state index >= 15 is 0 Å². The minimum absolute atomic E-state index is 0.179. The average Bonchev–Trinajstić information content (AvgIpc) is 2.32. The van der Waals surface area contributed by atoms with Crippen LogP contribution in [0.2, 0.25) is 0 Å². The summed E-state index contributed by atoms with van der Waals surface area (Å²) in [6.45, 7) is 0.489. The minimum Gasteiger partial charge on any atom is -0.495 e.